The summed E-state index contributed by atoms with van der Waals surface area (Å²) in [6.07, 6.45) is 3.39. The van der Waals surface area contributed by atoms with Crippen LogP contribution in [0.5, 0.6) is 5.75 Å². The second kappa shape index (κ2) is 9.62. The molecule has 7 heteroatoms. The van der Waals surface area contributed by atoms with Gasteiger partial charge in [-0.25, -0.2) is 9.78 Å². The van der Waals surface area contributed by atoms with E-state index in [0.717, 1.165) is 15.6 Å². The van der Waals surface area contributed by atoms with Crippen molar-refractivity contribution < 1.29 is 14.3 Å². The van der Waals surface area contributed by atoms with Crippen LogP contribution in [0, 0.1) is 0 Å². The summed E-state index contributed by atoms with van der Waals surface area (Å²) < 4.78 is 13.0. The number of esters is 1. The molecule has 0 bridgehead atoms. The number of ether oxygens (including phenoxy) is 2. The van der Waals surface area contributed by atoms with Crippen LogP contribution in [0.3, 0.4) is 0 Å². The molecule has 0 aliphatic carbocycles. The van der Waals surface area contributed by atoms with Gasteiger partial charge in [-0.1, -0.05) is 42.5 Å². The third-order valence-corrected chi connectivity index (χ3v) is 5.21. The topological polar surface area (TPSA) is 69.9 Å². The van der Waals surface area contributed by atoms with Crippen molar-refractivity contribution in [2.75, 3.05) is 7.11 Å². The molecule has 2 heterocycles. The van der Waals surface area contributed by atoms with E-state index in [4.69, 9.17) is 9.47 Å². The molecule has 0 amide bonds. The number of carbonyl (C=O) groups is 1. The van der Waals surface area contributed by atoms with Gasteiger partial charge in [-0.3, -0.25) is 9.20 Å². The number of nitrogens with zero attached hydrogens (tertiary/aromatic N) is 2. The van der Waals surface area contributed by atoms with Gasteiger partial charge in [-0.05, 0) is 57.4 Å². The molecule has 160 valence electrons. The van der Waals surface area contributed by atoms with E-state index in [1.165, 1.54) is 10.5 Å². The van der Waals surface area contributed by atoms with E-state index in [1.807, 2.05) is 54.6 Å². The predicted octanol–water partition coefficient (Wildman–Crippen LogP) is 4.75. The molecule has 4 rings (SSSR count). The normalized spacial score (nSPS) is 11.4. The zero-order valence-electron chi connectivity index (χ0n) is 17.2. The van der Waals surface area contributed by atoms with Gasteiger partial charge >= 0.3 is 5.97 Å². The molecule has 32 heavy (non-hydrogen) atoms. The second-order valence-corrected chi connectivity index (χ2v) is 7.85. The van der Waals surface area contributed by atoms with Gasteiger partial charge in [-0.2, -0.15) is 0 Å². The van der Waals surface area contributed by atoms with Gasteiger partial charge < -0.3 is 9.47 Å². The minimum Gasteiger partial charge on any atom is -0.497 e. The summed E-state index contributed by atoms with van der Waals surface area (Å²) in [5.41, 5.74) is 2.50. The molecule has 2 aromatic carbocycles. The van der Waals surface area contributed by atoms with Crippen LogP contribution >= 0.6 is 15.9 Å². The van der Waals surface area contributed by atoms with E-state index >= 15 is 0 Å². The van der Waals surface area contributed by atoms with Crippen LogP contribution < -0.4 is 10.3 Å². The fraction of sp³-hybridized carbons (Fsp3) is 0.0800. The lowest BCUT2D eigenvalue weighted by Crippen LogP contribution is -2.17. The Morgan fingerprint density at radius 3 is 2.66 bits per heavy atom. The van der Waals surface area contributed by atoms with Crippen LogP contribution in [0.4, 0.5) is 0 Å². The number of aromatic nitrogens is 2. The number of methoxy groups -OCH3 is 1. The molecule has 0 unspecified atom stereocenters. The highest BCUT2D eigenvalue weighted by atomic mass is 79.9. The fourth-order valence-electron chi connectivity index (χ4n) is 3.19. The molecule has 0 saturated heterocycles. The highest BCUT2D eigenvalue weighted by Crippen LogP contribution is 2.22. The zero-order chi connectivity index (χ0) is 22.5. The van der Waals surface area contributed by atoms with E-state index in [9.17, 15) is 9.59 Å². The highest BCUT2D eigenvalue weighted by Gasteiger charge is 2.15. The maximum atomic E-state index is 13.0. The van der Waals surface area contributed by atoms with Crippen molar-refractivity contribution in [2.24, 2.45) is 0 Å². The van der Waals surface area contributed by atoms with Crippen molar-refractivity contribution in [3.8, 4) is 5.75 Å². The zero-order valence-corrected chi connectivity index (χ0v) is 18.8. The molecule has 4 aromatic rings. The lowest BCUT2D eigenvalue weighted by atomic mass is 10.0. The summed E-state index contributed by atoms with van der Waals surface area (Å²) in [5, 5.41) is 0. The van der Waals surface area contributed by atoms with Gasteiger partial charge in [0.15, 0.2) is 0 Å². The molecule has 0 saturated carbocycles. The first-order chi connectivity index (χ1) is 15.5. The van der Waals surface area contributed by atoms with Crippen molar-refractivity contribution in [3.05, 3.63) is 111 Å². The van der Waals surface area contributed by atoms with E-state index in [-0.39, 0.29) is 12.2 Å². The molecule has 0 aliphatic rings. The number of carbonyl (C=O) groups excluding carboxylic acids is 1. The molecular formula is C25H19BrN2O4. The van der Waals surface area contributed by atoms with Crippen LogP contribution in [0.15, 0.2) is 88.3 Å². The summed E-state index contributed by atoms with van der Waals surface area (Å²) in [4.78, 5) is 29.8. The summed E-state index contributed by atoms with van der Waals surface area (Å²) in [7, 11) is 1.59. The summed E-state index contributed by atoms with van der Waals surface area (Å²) in [5.74, 6) is 0.170. The van der Waals surface area contributed by atoms with Gasteiger partial charge in [0, 0.05) is 16.7 Å². The molecule has 0 aliphatic heterocycles. The van der Waals surface area contributed by atoms with E-state index in [0.29, 0.717) is 22.7 Å². The average Bonchev–Trinajstić information content (AvgIpc) is 2.82. The van der Waals surface area contributed by atoms with E-state index in [1.54, 1.807) is 31.5 Å². The number of hydrogen-bond acceptors (Lipinski definition) is 5. The number of halogens is 1. The van der Waals surface area contributed by atoms with Gasteiger partial charge in [0.2, 0.25) is 0 Å². The smallest absolute Gasteiger partial charge is 0.339 e. The first-order valence-corrected chi connectivity index (χ1v) is 10.6. The summed E-state index contributed by atoms with van der Waals surface area (Å²) >= 11 is 3.34. The minimum atomic E-state index is -0.517. The Labute approximate surface area is 192 Å². The molecule has 2 aromatic heterocycles. The lowest BCUT2D eigenvalue weighted by molar-refractivity contribution is -0.137. The van der Waals surface area contributed by atoms with Crippen molar-refractivity contribution in [3.63, 3.8) is 0 Å². The molecule has 0 radical (unpaired) electrons. The first kappa shape index (κ1) is 21.5. The van der Waals surface area contributed by atoms with Gasteiger partial charge in [-0.15, -0.1) is 0 Å². The fourth-order valence-corrected chi connectivity index (χ4v) is 3.53. The Balaban J connectivity index is 1.62. The van der Waals surface area contributed by atoms with Crippen LogP contribution in [-0.2, 0) is 16.1 Å². The Morgan fingerprint density at radius 1 is 1.06 bits per heavy atom. The van der Waals surface area contributed by atoms with Crippen LogP contribution in [-0.4, -0.2) is 22.5 Å². The third-order valence-electron chi connectivity index (χ3n) is 4.74. The molecule has 6 nitrogen and oxygen atoms in total. The van der Waals surface area contributed by atoms with Gasteiger partial charge in [0.05, 0.1) is 18.4 Å². The van der Waals surface area contributed by atoms with Crippen LogP contribution in [0.25, 0.3) is 17.3 Å². The maximum absolute atomic E-state index is 13.0. The third kappa shape index (κ3) is 4.95. The van der Waals surface area contributed by atoms with Crippen molar-refractivity contribution >= 4 is 39.2 Å². The molecular weight excluding hydrogens is 472 g/mol. The van der Waals surface area contributed by atoms with Crippen LogP contribution in [0.1, 0.15) is 16.8 Å². The van der Waals surface area contributed by atoms with E-state index in [2.05, 4.69) is 20.9 Å². The predicted molar refractivity (Wildman–Crippen MR) is 126 cm³/mol. The molecule has 0 N–H and O–H groups in total. The monoisotopic (exact) mass is 490 g/mol. The Hall–Kier alpha value is -3.71. The number of hydrogen-bond donors (Lipinski definition) is 0. The number of fused-ring (bicyclic) bond motifs is 1. The number of benzene rings is 2. The molecule has 0 fully saturated rings. The SMILES string of the molecule is COc1cccc(C=C(C(=O)OCc2cc(=O)n3cc(Br)ccc3n2)c2ccccc2)c1. The second-order valence-electron chi connectivity index (χ2n) is 6.94. The summed E-state index contributed by atoms with van der Waals surface area (Å²) in [6, 6.07) is 21.5. The summed E-state index contributed by atoms with van der Waals surface area (Å²) in [6.45, 7) is -0.122. The standard InChI is InChI=1S/C25H19BrN2O4/c1-31-21-9-5-6-17(12-21)13-22(18-7-3-2-4-8-18)25(30)32-16-20-14-24(29)28-15-19(26)10-11-23(28)27-20/h2-15H,16H2,1H3. The molecule has 0 spiro atoms. The highest BCUT2D eigenvalue weighted by molar-refractivity contribution is 9.10. The van der Waals surface area contributed by atoms with Crippen LogP contribution in [0.2, 0.25) is 0 Å². The van der Waals surface area contributed by atoms with Gasteiger partial charge in [0.1, 0.15) is 18.0 Å². The molecule has 0 atom stereocenters. The van der Waals surface area contributed by atoms with Crippen molar-refractivity contribution in [1.29, 1.82) is 0 Å². The lowest BCUT2D eigenvalue weighted by Gasteiger charge is -2.10. The number of pyridine rings is 1. The maximum Gasteiger partial charge on any atom is 0.339 e. The van der Waals surface area contributed by atoms with E-state index < -0.39 is 5.97 Å². The Morgan fingerprint density at radius 2 is 1.88 bits per heavy atom. The largest absolute Gasteiger partial charge is 0.497 e. The first-order valence-electron chi connectivity index (χ1n) is 9.79. The Kier molecular flexibility index (Phi) is 6.47. The number of rotatable bonds is 6. The Bertz CT molecular complexity index is 1360. The average molecular weight is 491 g/mol. The minimum absolute atomic E-state index is 0.122. The quantitative estimate of drug-likeness (QED) is 0.221. The van der Waals surface area contributed by atoms with Crippen molar-refractivity contribution in [2.45, 2.75) is 6.61 Å². The van der Waals surface area contributed by atoms with Gasteiger partial charge in [0.25, 0.3) is 5.56 Å². The van der Waals surface area contributed by atoms with Crippen molar-refractivity contribution in [1.82, 2.24) is 9.38 Å².